The van der Waals surface area contributed by atoms with Crippen LogP contribution in [0.25, 0.3) is 0 Å². The van der Waals surface area contributed by atoms with Crippen molar-refractivity contribution in [1.29, 1.82) is 0 Å². The van der Waals surface area contributed by atoms with Crippen LogP contribution < -0.4 is 4.74 Å². The summed E-state index contributed by atoms with van der Waals surface area (Å²) in [5.74, 6) is 0.544. The van der Waals surface area contributed by atoms with E-state index in [1.807, 2.05) is 0 Å². The molecule has 0 N–H and O–H groups in total. The van der Waals surface area contributed by atoms with Gasteiger partial charge in [-0.2, -0.15) is 5.10 Å². The van der Waals surface area contributed by atoms with E-state index in [1.54, 1.807) is 43.9 Å². The Balaban J connectivity index is 2.00. The maximum atomic E-state index is 12.6. The van der Waals surface area contributed by atoms with Gasteiger partial charge in [-0.3, -0.25) is 14.8 Å². The van der Waals surface area contributed by atoms with Crippen LogP contribution in [0.2, 0.25) is 5.02 Å². The van der Waals surface area contributed by atoms with Crippen LogP contribution in [-0.4, -0.2) is 51.0 Å². The van der Waals surface area contributed by atoms with Crippen LogP contribution in [0.15, 0.2) is 30.6 Å². The minimum Gasteiger partial charge on any atom is -0.497 e. The van der Waals surface area contributed by atoms with Crippen LogP contribution in [0.1, 0.15) is 38.8 Å². The quantitative estimate of drug-likeness (QED) is 0.532. The number of carbonyl (C=O) groups is 1. The SMILES string of the molecule is COc1cc(Cl)cc(C(C2CCN2C(=O)OC(C)(C)C)n2cc([N+](=O)[O-])cn2)c1. The average molecular weight is 423 g/mol. The van der Waals surface area contributed by atoms with E-state index in [4.69, 9.17) is 21.1 Å². The summed E-state index contributed by atoms with van der Waals surface area (Å²) in [7, 11) is 1.53. The zero-order chi connectivity index (χ0) is 21.3. The van der Waals surface area contributed by atoms with E-state index in [9.17, 15) is 14.9 Å². The third-order valence-corrected chi connectivity index (χ3v) is 4.83. The Bertz CT molecular complexity index is 924. The molecule has 0 saturated carbocycles. The van der Waals surface area contributed by atoms with Crippen LogP contribution in [0.3, 0.4) is 0 Å². The molecule has 0 spiro atoms. The summed E-state index contributed by atoms with van der Waals surface area (Å²) in [4.78, 5) is 24.9. The number of rotatable bonds is 5. The van der Waals surface area contributed by atoms with Gasteiger partial charge in [-0.25, -0.2) is 4.79 Å². The van der Waals surface area contributed by atoms with Gasteiger partial charge < -0.3 is 14.4 Å². The molecule has 2 aromatic rings. The highest BCUT2D eigenvalue weighted by Crippen LogP contribution is 2.37. The third-order valence-electron chi connectivity index (χ3n) is 4.61. The topological polar surface area (TPSA) is 99.7 Å². The number of benzene rings is 1. The molecule has 1 aliphatic rings. The first-order valence-corrected chi connectivity index (χ1v) is 9.49. The van der Waals surface area contributed by atoms with Crippen LogP contribution in [0.4, 0.5) is 10.5 Å². The molecule has 1 saturated heterocycles. The molecule has 2 heterocycles. The van der Waals surface area contributed by atoms with Crippen molar-refractivity contribution < 1.29 is 19.2 Å². The van der Waals surface area contributed by atoms with Gasteiger partial charge in [-0.1, -0.05) is 11.6 Å². The summed E-state index contributed by atoms with van der Waals surface area (Å²) in [5.41, 5.74) is -0.0334. The van der Waals surface area contributed by atoms with Crippen LogP contribution in [-0.2, 0) is 4.74 Å². The Morgan fingerprint density at radius 1 is 1.38 bits per heavy atom. The van der Waals surface area contributed by atoms with Gasteiger partial charge in [0.05, 0.1) is 24.1 Å². The molecule has 1 aromatic carbocycles. The predicted octanol–water partition coefficient (Wildman–Crippen LogP) is 4.05. The minimum atomic E-state index is -0.628. The zero-order valence-corrected chi connectivity index (χ0v) is 17.4. The molecule has 10 heteroatoms. The summed E-state index contributed by atoms with van der Waals surface area (Å²) in [6, 6.07) is 4.41. The first kappa shape index (κ1) is 20.9. The highest BCUT2D eigenvalue weighted by Gasteiger charge is 2.42. The van der Waals surface area contributed by atoms with E-state index in [1.165, 1.54) is 24.2 Å². The number of halogens is 1. The lowest BCUT2D eigenvalue weighted by atomic mass is 9.90. The van der Waals surface area contributed by atoms with Gasteiger partial charge in [0.2, 0.25) is 0 Å². The molecular weight excluding hydrogens is 400 g/mol. The predicted molar refractivity (Wildman–Crippen MR) is 106 cm³/mol. The molecule has 9 nitrogen and oxygen atoms in total. The van der Waals surface area contributed by atoms with Gasteiger partial charge in [0.1, 0.15) is 23.7 Å². The van der Waals surface area contributed by atoms with Gasteiger partial charge in [0.15, 0.2) is 0 Å². The van der Waals surface area contributed by atoms with E-state index < -0.39 is 22.7 Å². The monoisotopic (exact) mass is 422 g/mol. The van der Waals surface area contributed by atoms with Crippen molar-refractivity contribution >= 4 is 23.4 Å². The van der Waals surface area contributed by atoms with Gasteiger partial charge in [-0.05, 0) is 51.0 Å². The largest absolute Gasteiger partial charge is 0.497 e. The maximum Gasteiger partial charge on any atom is 0.410 e. The molecule has 156 valence electrons. The second-order valence-electron chi connectivity index (χ2n) is 7.83. The van der Waals surface area contributed by atoms with E-state index in [0.29, 0.717) is 23.7 Å². The number of carbonyl (C=O) groups excluding carboxylic acids is 1. The molecule has 1 fully saturated rings. The fourth-order valence-electron chi connectivity index (χ4n) is 3.28. The number of amides is 1. The highest BCUT2D eigenvalue weighted by atomic mass is 35.5. The fourth-order valence-corrected chi connectivity index (χ4v) is 3.51. The summed E-state index contributed by atoms with van der Waals surface area (Å²) >= 11 is 6.24. The molecule has 1 aromatic heterocycles. The lowest BCUT2D eigenvalue weighted by molar-refractivity contribution is -0.385. The molecule has 3 rings (SSSR count). The lowest BCUT2D eigenvalue weighted by Gasteiger charge is -2.45. The van der Waals surface area contributed by atoms with Crippen molar-refractivity contribution in [2.75, 3.05) is 13.7 Å². The third kappa shape index (κ3) is 4.61. The summed E-state index contributed by atoms with van der Waals surface area (Å²) in [5, 5.41) is 15.8. The van der Waals surface area contributed by atoms with Crippen molar-refractivity contribution in [3.05, 3.63) is 51.3 Å². The van der Waals surface area contributed by atoms with Crippen LogP contribution in [0, 0.1) is 10.1 Å². The number of likely N-dealkylation sites (tertiary alicyclic amines) is 1. The van der Waals surface area contributed by atoms with Crippen molar-refractivity contribution in [2.24, 2.45) is 0 Å². The Labute approximate surface area is 173 Å². The second kappa shape index (κ2) is 7.90. The molecule has 1 aliphatic heterocycles. The number of hydrogen-bond acceptors (Lipinski definition) is 6. The number of nitro groups is 1. The molecule has 0 aliphatic carbocycles. The standard InChI is InChI=1S/C19H23ClN4O5/c1-19(2,3)29-18(25)22-6-5-16(22)17(23-11-14(10-21-23)24(26)27)12-7-13(20)9-15(8-12)28-4/h7-11,16-17H,5-6H2,1-4H3. The number of aromatic nitrogens is 2. The molecule has 29 heavy (non-hydrogen) atoms. The van der Waals surface area contributed by atoms with Gasteiger partial charge in [0, 0.05) is 11.6 Å². The Morgan fingerprint density at radius 2 is 2.10 bits per heavy atom. The number of hydrogen-bond donors (Lipinski definition) is 0. The molecule has 0 radical (unpaired) electrons. The zero-order valence-electron chi connectivity index (χ0n) is 16.7. The number of ether oxygens (including phenoxy) is 2. The van der Waals surface area contributed by atoms with E-state index in [0.717, 1.165) is 5.56 Å². The first-order valence-electron chi connectivity index (χ1n) is 9.11. The van der Waals surface area contributed by atoms with Crippen molar-refractivity contribution in [1.82, 2.24) is 14.7 Å². The van der Waals surface area contributed by atoms with Crippen LogP contribution in [0.5, 0.6) is 5.75 Å². The van der Waals surface area contributed by atoms with E-state index >= 15 is 0 Å². The van der Waals surface area contributed by atoms with Gasteiger partial charge in [-0.15, -0.1) is 0 Å². The first-order chi connectivity index (χ1) is 13.6. The lowest BCUT2D eigenvalue weighted by Crippen LogP contribution is -2.56. The maximum absolute atomic E-state index is 12.6. The summed E-state index contributed by atoms with van der Waals surface area (Å²) in [6.07, 6.45) is 2.79. The number of methoxy groups -OCH3 is 1. The Morgan fingerprint density at radius 3 is 2.62 bits per heavy atom. The van der Waals surface area contributed by atoms with E-state index in [2.05, 4.69) is 5.10 Å². The molecular formula is C19H23ClN4O5. The van der Waals surface area contributed by atoms with Crippen LogP contribution >= 0.6 is 11.6 Å². The molecule has 2 atom stereocenters. The summed E-state index contributed by atoms with van der Waals surface area (Å²) in [6.45, 7) is 5.93. The normalized spacial score (nSPS) is 17.4. The molecule has 1 amide bonds. The minimum absolute atomic E-state index is 0.132. The van der Waals surface area contributed by atoms with Crippen molar-refractivity contribution in [3.8, 4) is 5.75 Å². The average Bonchev–Trinajstić information content (AvgIpc) is 3.05. The van der Waals surface area contributed by atoms with Gasteiger partial charge >= 0.3 is 11.8 Å². The van der Waals surface area contributed by atoms with Crippen molar-refractivity contribution in [3.63, 3.8) is 0 Å². The highest BCUT2D eigenvalue weighted by molar-refractivity contribution is 6.30. The molecule has 2 unspecified atom stereocenters. The van der Waals surface area contributed by atoms with E-state index in [-0.39, 0.29) is 11.7 Å². The molecule has 0 bridgehead atoms. The second-order valence-corrected chi connectivity index (χ2v) is 8.27. The number of nitrogens with zero attached hydrogens (tertiary/aromatic N) is 4. The Kier molecular flexibility index (Phi) is 5.70. The Hall–Kier alpha value is -2.81. The van der Waals surface area contributed by atoms with Gasteiger partial charge in [0.25, 0.3) is 0 Å². The fraction of sp³-hybridized carbons (Fsp3) is 0.474. The van der Waals surface area contributed by atoms with Crippen molar-refractivity contribution in [2.45, 2.75) is 44.9 Å². The smallest absolute Gasteiger partial charge is 0.410 e. The summed E-state index contributed by atoms with van der Waals surface area (Å²) < 4.78 is 12.3.